The van der Waals surface area contributed by atoms with Crippen molar-refractivity contribution in [1.82, 2.24) is 0 Å². The summed E-state index contributed by atoms with van der Waals surface area (Å²) in [6, 6.07) is 0. The third-order valence-corrected chi connectivity index (χ3v) is 16.5. The van der Waals surface area contributed by atoms with Gasteiger partial charge in [0.25, 0.3) is 0 Å². The summed E-state index contributed by atoms with van der Waals surface area (Å²) >= 11 is 0. The maximum atomic E-state index is 11.2. The zero-order chi connectivity index (χ0) is 35.9. The van der Waals surface area contributed by atoms with E-state index in [4.69, 9.17) is 23.7 Å². The van der Waals surface area contributed by atoms with Crippen LogP contribution in [0.5, 0.6) is 0 Å². The van der Waals surface area contributed by atoms with E-state index in [9.17, 15) is 40.9 Å². The summed E-state index contributed by atoms with van der Waals surface area (Å²) in [5.74, 6) is 0.459. The maximum absolute atomic E-state index is 11.2. The van der Waals surface area contributed by atoms with Gasteiger partial charge in [0, 0.05) is 5.92 Å². The summed E-state index contributed by atoms with van der Waals surface area (Å²) in [5, 5.41) is 84.4. The van der Waals surface area contributed by atoms with Crippen LogP contribution in [0.4, 0.5) is 0 Å². The lowest BCUT2D eigenvalue weighted by Crippen LogP contribution is -2.65. The smallest absolute Gasteiger partial charge is 0.186 e. The van der Waals surface area contributed by atoms with Gasteiger partial charge in [0.15, 0.2) is 18.9 Å². The summed E-state index contributed by atoms with van der Waals surface area (Å²) < 4.78 is 31.4. The Bertz CT molecular complexity index is 1300. The molecule has 0 aromatic rings. The minimum atomic E-state index is -1.55. The quantitative estimate of drug-likeness (QED) is 0.182. The second-order valence-electron chi connectivity index (χ2n) is 18.8. The fourth-order valence-corrected chi connectivity index (χ4v) is 13.6. The molecule has 286 valence electrons. The molecule has 13 heteroatoms. The molecule has 8 fully saturated rings. The summed E-state index contributed by atoms with van der Waals surface area (Å²) in [5.41, 5.74) is -0.840. The van der Waals surface area contributed by atoms with Gasteiger partial charge in [-0.3, -0.25) is 0 Å². The zero-order valence-electron chi connectivity index (χ0n) is 30.0. The van der Waals surface area contributed by atoms with Crippen LogP contribution in [0.15, 0.2) is 0 Å². The van der Waals surface area contributed by atoms with Crippen LogP contribution in [-0.4, -0.2) is 134 Å². The Kier molecular flexibility index (Phi) is 8.74. The second kappa shape index (κ2) is 12.0. The van der Waals surface area contributed by atoms with E-state index in [1.165, 1.54) is 0 Å². The number of rotatable bonds is 5. The minimum Gasteiger partial charge on any atom is -0.394 e. The highest BCUT2D eigenvalue weighted by Gasteiger charge is 2.85. The normalized spacial score (nSPS) is 61.3. The fraction of sp³-hybridized carbons (Fsp3) is 1.00. The van der Waals surface area contributed by atoms with Crippen molar-refractivity contribution in [1.29, 1.82) is 0 Å². The van der Waals surface area contributed by atoms with E-state index < -0.39 is 79.7 Å². The highest BCUT2D eigenvalue weighted by Crippen LogP contribution is 2.89. The monoisotopic (exact) mass is 712 g/mol. The molecule has 8 N–H and O–H groups in total. The van der Waals surface area contributed by atoms with E-state index in [0.717, 1.165) is 44.9 Å². The third kappa shape index (κ3) is 4.78. The molecule has 0 unspecified atom stereocenters. The van der Waals surface area contributed by atoms with Gasteiger partial charge in [0.2, 0.25) is 0 Å². The number of ether oxygens (including phenoxy) is 5. The van der Waals surface area contributed by atoms with Gasteiger partial charge in [-0.15, -0.1) is 0 Å². The van der Waals surface area contributed by atoms with E-state index >= 15 is 0 Å². The molecule has 2 spiro atoms. The van der Waals surface area contributed by atoms with E-state index in [0.29, 0.717) is 6.42 Å². The van der Waals surface area contributed by atoms with Crippen molar-refractivity contribution in [2.45, 2.75) is 166 Å². The first-order valence-corrected chi connectivity index (χ1v) is 19.1. The number of fused-ring (bicyclic) bond motifs is 4. The molecule has 13 nitrogen and oxygen atoms in total. The fourth-order valence-electron chi connectivity index (χ4n) is 13.6. The molecule has 21 atom stereocenters. The van der Waals surface area contributed by atoms with Gasteiger partial charge in [-0.2, -0.15) is 0 Å². The van der Waals surface area contributed by atoms with Crippen molar-refractivity contribution in [3.8, 4) is 0 Å². The van der Waals surface area contributed by atoms with Crippen LogP contribution < -0.4 is 0 Å². The van der Waals surface area contributed by atoms with Crippen molar-refractivity contribution >= 4 is 0 Å². The minimum absolute atomic E-state index is 0.00375. The lowest BCUT2D eigenvalue weighted by molar-refractivity contribution is -0.335. The maximum Gasteiger partial charge on any atom is 0.186 e. The van der Waals surface area contributed by atoms with Crippen molar-refractivity contribution in [2.75, 3.05) is 13.2 Å². The summed E-state index contributed by atoms with van der Waals surface area (Å²) in [4.78, 5) is 0. The molecule has 0 aromatic carbocycles. The Labute approximate surface area is 294 Å². The van der Waals surface area contributed by atoms with Crippen LogP contribution in [0, 0.1) is 50.7 Å². The predicted molar refractivity (Wildman–Crippen MR) is 174 cm³/mol. The van der Waals surface area contributed by atoms with Crippen molar-refractivity contribution in [3.63, 3.8) is 0 Å². The van der Waals surface area contributed by atoms with Gasteiger partial charge in [0.05, 0.1) is 31.5 Å². The molecule has 5 aliphatic carbocycles. The molecule has 0 radical (unpaired) electrons. The molecule has 8 rings (SSSR count). The van der Waals surface area contributed by atoms with Crippen LogP contribution in [0.2, 0.25) is 0 Å². The predicted octanol–water partition coefficient (Wildman–Crippen LogP) is 0.398. The lowest BCUT2D eigenvalue weighted by Gasteiger charge is -2.65. The van der Waals surface area contributed by atoms with E-state index in [1.807, 2.05) is 0 Å². The van der Waals surface area contributed by atoms with Crippen LogP contribution in [0.3, 0.4) is 0 Å². The first-order valence-electron chi connectivity index (χ1n) is 19.1. The molecular formula is C37H60O13. The molecule has 50 heavy (non-hydrogen) atoms. The summed E-state index contributed by atoms with van der Waals surface area (Å²) in [6.45, 7) is 10.5. The molecule has 0 bridgehead atoms. The molecule has 8 aliphatic rings. The largest absolute Gasteiger partial charge is 0.394 e. The van der Waals surface area contributed by atoms with Gasteiger partial charge in [-0.05, 0) is 96.2 Å². The van der Waals surface area contributed by atoms with Crippen LogP contribution in [0.1, 0.15) is 86.0 Å². The Balaban J connectivity index is 1.15. The Hall–Kier alpha value is -0.520. The highest BCUT2D eigenvalue weighted by atomic mass is 16.7. The average molecular weight is 713 g/mol. The van der Waals surface area contributed by atoms with E-state index in [-0.39, 0.29) is 64.1 Å². The summed E-state index contributed by atoms with van der Waals surface area (Å²) in [7, 11) is 0. The Morgan fingerprint density at radius 1 is 0.740 bits per heavy atom. The van der Waals surface area contributed by atoms with Gasteiger partial charge >= 0.3 is 0 Å². The van der Waals surface area contributed by atoms with Crippen molar-refractivity contribution < 1.29 is 64.5 Å². The van der Waals surface area contributed by atoms with Gasteiger partial charge in [-0.25, -0.2) is 0 Å². The SMILES string of the molecule is C[C@H]1C[C@H]2[C@H](C[C@@]3(C)[C@@H]4[C@H](O[C@H]5O[C@H](CO)[C@@H](O)[C@H](O)[C@H]5O)C[C@H]5C(C)(C)[C@@H](O[C@H]6OC[C@@H](O)[C@H](O)[C@H]6O)CC[C@@]56C[C@@]46CC[C@]23C)O[C@H]1O. The average Bonchev–Trinajstić information content (AvgIpc) is 3.67. The first kappa shape index (κ1) is 36.5. The van der Waals surface area contributed by atoms with Gasteiger partial charge in [0.1, 0.15) is 42.7 Å². The Morgan fingerprint density at radius 2 is 1.46 bits per heavy atom. The first-order chi connectivity index (χ1) is 23.5. The number of aliphatic hydroxyl groups excluding tert-OH is 8. The standard InChI is InChI=1S/C37H60O13/c1-16-10-17-20(47-30(16)45)12-35(5)29-19(48-32-28(44)26(42)25(41)21(13-38)49-32)11-22-33(2,3)23(50-31-27(43)24(40)18(39)14-46-31)6-7-36(22)15-37(29,36)9-8-34(17,35)4/h16-32,38-45H,6-15H2,1-5H3/t16-,17-,18+,19+,20-,21+,22-,23-,24-,25+,26-,27+,28+,29-,30+,31+,32-,34+,35-,36+,37-/m0/s1. The van der Waals surface area contributed by atoms with Crippen LogP contribution >= 0.6 is 0 Å². The topological polar surface area (TPSA) is 208 Å². The number of hydrogen-bond acceptors (Lipinski definition) is 13. The number of aliphatic hydroxyl groups is 8. The lowest BCUT2D eigenvalue weighted by atomic mass is 9.41. The van der Waals surface area contributed by atoms with Gasteiger partial charge < -0.3 is 64.5 Å². The van der Waals surface area contributed by atoms with Gasteiger partial charge in [-0.1, -0.05) is 34.6 Å². The van der Waals surface area contributed by atoms with E-state index in [1.54, 1.807) is 0 Å². The zero-order valence-corrected chi connectivity index (χ0v) is 30.0. The van der Waals surface area contributed by atoms with Crippen molar-refractivity contribution in [2.24, 2.45) is 50.7 Å². The molecule has 0 aromatic heterocycles. The highest BCUT2D eigenvalue weighted by molar-refractivity contribution is 5.33. The second-order valence-corrected chi connectivity index (χ2v) is 18.8. The number of hydrogen-bond donors (Lipinski definition) is 8. The molecule has 3 heterocycles. The van der Waals surface area contributed by atoms with Crippen molar-refractivity contribution in [3.05, 3.63) is 0 Å². The van der Waals surface area contributed by atoms with E-state index in [2.05, 4.69) is 34.6 Å². The summed E-state index contributed by atoms with van der Waals surface area (Å²) in [6.07, 6.45) is -6.59. The molecule has 3 aliphatic heterocycles. The molecule has 0 amide bonds. The molecular weight excluding hydrogens is 652 g/mol. The Morgan fingerprint density at radius 3 is 2.18 bits per heavy atom. The van der Waals surface area contributed by atoms with Crippen LogP contribution in [0.25, 0.3) is 0 Å². The molecule has 3 saturated heterocycles. The molecule has 5 saturated carbocycles. The van der Waals surface area contributed by atoms with Crippen LogP contribution in [-0.2, 0) is 23.7 Å². The third-order valence-electron chi connectivity index (χ3n) is 16.5.